The molecule has 6 aliphatic carbocycles. The van der Waals surface area contributed by atoms with Gasteiger partial charge in [0, 0.05) is 48.1 Å². The van der Waals surface area contributed by atoms with Crippen LogP contribution in [0.5, 0.6) is 0 Å². The molecular weight excluding hydrogens is 1630 g/mol. The average Bonchev–Trinajstić information content (AvgIpc) is 1.56. The second-order valence-electron chi connectivity index (χ2n) is 40.6. The third-order valence-corrected chi connectivity index (χ3v) is 30.9. The molecule has 0 atom stereocenters. The van der Waals surface area contributed by atoms with Crippen molar-refractivity contribution in [2.75, 3.05) is 26.4 Å². The van der Waals surface area contributed by atoms with Gasteiger partial charge in [-0.1, -0.05) is 402 Å². The maximum Gasteiger partial charge on any atom is 0.0477 e. The molecule has 135 heavy (non-hydrogen) atoms. The summed E-state index contributed by atoms with van der Waals surface area (Å²) in [6.45, 7) is 40.7. The van der Waals surface area contributed by atoms with Gasteiger partial charge in [0.25, 0.3) is 0 Å². The molecule has 0 amide bonds. The standard InChI is InChI=1S/C40H46.C35H36.C29H38O2.C29H34/c1-4-5-6-8-11-31-16-21-35(22-17-31)40(25-10-7-9-12-32-15-18-33-19-20-34(33)28-32)38-26-29(2)13-23-36(38)37-24-14-30(3)27-39(37)40;1-4-5-6-7-19-35(30-10-8-9-27(23-30)29-16-14-26-13-15-28(26)22-29)33-20-24(2)11-17-31(33)32-18-12-25(3)21-34(32)35;1-5-7-9-17-30-19-15-29(16-20-31-18-10-8-6-2)27-21-23(3)11-13-25(27)26-14-12-24(4)22-28(26)29;1-5-7-9-11-13-19-29(20-14-12-10-8-6-2)27-21-23(3)15-17-25(27)26-18-16-24(4)22-28(26)29/h13-18,21-24,26-28H,4-12,19-20,25H2,1-3H3;8-12,14,16-18,20-23H,4-7,13,15,19H2,1-3H3;5-6,11-14,21-22H,1-2,7-10,15-20H2,3-4H3;5-10,15-18,21-22H,1-2,11-14,19-20H2,3-4H3/b;;;9-7+,10-8+. The molecule has 2 nitrogen and oxygen atoms in total. The minimum atomic E-state index is -0.0910. The van der Waals surface area contributed by atoms with Gasteiger partial charge in [-0.15, -0.1) is 13.2 Å². The Morgan fingerprint density at radius 3 is 1.00 bits per heavy atom. The summed E-state index contributed by atoms with van der Waals surface area (Å²) in [5.41, 5.74) is 48.9. The molecule has 12 aromatic carbocycles. The predicted octanol–water partition coefficient (Wildman–Crippen LogP) is 35.7. The summed E-state index contributed by atoms with van der Waals surface area (Å²) in [6, 6.07) is 90.2. The number of unbranched alkanes of at least 4 members (excludes halogenated alkanes) is 12. The van der Waals surface area contributed by atoms with E-state index in [0.717, 1.165) is 84.2 Å². The molecule has 0 fully saturated rings. The van der Waals surface area contributed by atoms with Gasteiger partial charge in [0.05, 0.1) is 0 Å². The van der Waals surface area contributed by atoms with Crippen molar-refractivity contribution >= 4 is 0 Å². The van der Waals surface area contributed by atoms with Crippen molar-refractivity contribution in [1.29, 1.82) is 0 Å². The molecule has 0 bridgehead atoms. The van der Waals surface area contributed by atoms with Gasteiger partial charge < -0.3 is 9.47 Å². The second kappa shape index (κ2) is 46.7. The first-order valence-electron chi connectivity index (χ1n) is 52.2. The van der Waals surface area contributed by atoms with E-state index in [1.165, 1.54) is 308 Å². The number of ether oxygens (including phenoxy) is 2. The highest BCUT2D eigenvalue weighted by atomic mass is 16.5. The lowest BCUT2D eigenvalue weighted by Gasteiger charge is -2.34. The number of hydrogen-bond acceptors (Lipinski definition) is 2. The first-order valence-corrected chi connectivity index (χ1v) is 52.2. The van der Waals surface area contributed by atoms with E-state index in [-0.39, 0.29) is 21.7 Å². The number of fused-ring (bicyclic) bond motifs is 14. The quantitative estimate of drug-likeness (QED) is 0.0215. The summed E-state index contributed by atoms with van der Waals surface area (Å²) in [7, 11) is 0. The van der Waals surface area contributed by atoms with Gasteiger partial charge in [0.1, 0.15) is 0 Å². The van der Waals surface area contributed by atoms with E-state index in [9.17, 15) is 0 Å². The Morgan fingerprint density at radius 2 is 0.615 bits per heavy atom. The number of aryl methyl sites for hydroxylation is 14. The van der Waals surface area contributed by atoms with Gasteiger partial charge in [0.2, 0.25) is 0 Å². The molecule has 0 N–H and O–H groups in total. The summed E-state index contributed by atoms with van der Waals surface area (Å²) in [6.07, 6.45) is 53.2. The number of allylic oxidation sites excluding steroid dienone is 8. The number of hydrogen-bond donors (Lipinski definition) is 0. The lowest BCUT2D eigenvalue weighted by atomic mass is 9.68. The molecule has 0 spiro atoms. The van der Waals surface area contributed by atoms with Crippen molar-refractivity contribution in [2.24, 2.45) is 0 Å². The topological polar surface area (TPSA) is 18.5 Å². The number of benzene rings is 12. The first-order chi connectivity index (χ1) is 65.9. The highest BCUT2D eigenvalue weighted by Crippen LogP contribution is 2.60. The lowest BCUT2D eigenvalue weighted by molar-refractivity contribution is 0.0934. The maximum absolute atomic E-state index is 6.07. The van der Waals surface area contributed by atoms with Gasteiger partial charge in [0.15, 0.2) is 0 Å². The van der Waals surface area contributed by atoms with Crippen LogP contribution in [-0.4, -0.2) is 26.4 Å². The maximum atomic E-state index is 6.07. The van der Waals surface area contributed by atoms with Crippen molar-refractivity contribution in [3.63, 3.8) is 0 Å². The van der Waals surface area contributed by atoms with Crippen LogP contribution in [0.1, 0.15) is 308 Å². The fourth-order valence-corrected chi connectivity index (χ4v) is 23.4. The van der Waals surface area contributed by atoms with E-state index in [1.807, 2.05) is 24.3 Å². The van der Waals surface area contributed by atoms with E-state index in [4.69, 9.17) is 9.47 Å². The van der Waals surface area contributed by atoms with Crippen molar-refractivity contribution in [1.82, 2.24) is 0 Å². The zero-order valence-electron chi connectivity index (χ0n) is 84.0. The van der Waals surface area contributed by atoms with Crippen molar-refractivity contribution in [3.8, 4) is 55.6 Å². The van der Waals surface area contributed by atoms with Crippen LogP contribution in [0.4, 0.5) is 0 Å². The molecule has 0 heterocycles. The summed E-state index contributed by atoms with van der Waals surface area (Å²) in [5.74, 6) is 0. The van der Waals surface area contributed by atoms with Crippen LogP contribution >= 0.6 is 0 Å². The normalized spacial score (nSPS) is 14.3. The van der Waals surface area contributed by atoms with Crippen molar-refractivity contribution in [2.45, 2.75) is 290 Å². The molecule has 0 unspecified atom stereocenters. The molecule has 698 valence electrons. The molecule has 0 aromatic heterocycles. The SMILES string of the molecule is C=C/C=C/CCCC1(CCC/C=C/C=C)c2cc(C)ccc2-c2ccc(C)cc21.C=CCCCOCCC1(CCOCCCC=C)c2cc(C)ccc2-c2ccc(C)cc21.CCCCCCC1(c2cccc(-c3ccc4c(c3)CC4)c2)c2cc(C)ccc2-c2ccc(C)cc21.CCCCCCc1ccc(C2(CCCCCc3ccc4c(c3)CC4)c3cc(C)ccc3-c3ccc(C)cc32)cc1. The molecule has 0 saturated heterocycles. The lowest BCUT2D eigenvalue weighted by Crippen LogP contribution is -2.29. The first kappa shape index (κ1) is 98.5. The largest absolute Gasteiger partial charge is 0.381 e. The Balaban J connectivity index is 0.000000138. The highest BCUT2D eigenvalue weighted by molar-refractivity contribution is 5.87. The third kappa shape index (κ3) is 22.2. The Hall–Kier alpha value is -11.0. The monoisotopic (exact) mass is 1780 g/mol. The van der Waals surface area contributed by atoms with Crippen molar-refractivity contribution < 1.29 is 9.47 Å². The molecule has 12 aromatic rings. The molecule has 0 radical (unpaired) electrons. The van der Waals surface area contributed by atoms with Crippen LogP contribution < -0.4 is 0 Å². The van der Waals surface area contributed by atoms with Gasteiger partial charge in [-0.3, -0.25) is 0 Å². The fourth-order valence-electron chi connectivity index (χ4n) is 23.4. The van der Waals surface area contributed by atoms with Crippen LogP contribution in [0, 0.1) is 55.4 Å². The highest BCUT2D eigenvalue weighted by Gasteiger charge is 2.48. The van der Waals surface area contributed by atoms with Crippen LogP contribution in [0.15, 0.2) is 305 Å². The van der Waals surface area contributed by atoms with Crippen LogP contribution in [0.2, 0.25) is 0 Å². The average molecular weight is 1780 g/mol. The van der Waals surface area contributed by atoms with Gasteiger partial charge >= 0.3 is 0 Å². The molecule has 2 heteroatoms. The smallest absolute Gasteiger partial charge is 0.0477 e. The Bertz CT molecular complexity index is 5900. The predicted molar refractivity (Wildman–Crippen MR) is 581 cm³/mol. The Kier molecular flexibility index (Phi) is 34.1. The minimum Gasteiger partial charge on any atom is -0.381 e. The van der Waals surface area contributed by atoms with E-state index >= 15 is 0 Å². The minimum absolute atomic E-state index is 0.0560. The van der Waals surface area contributed by atoms with Crippen LogP contribution in [0.3, 0.4) is 0 Å². The van der Waals surface area contributed by atoms with Gasteiger partial charge in [-0.25, -0.2) is 0 Å². The summed E-state index contributed by atoms with van der Waals surface area (Å²) >= 11 is 0. The molecule has 0 aliphatic heterocycles. The summed E-state index contributed by atoms with van der Waals surface area (Å²) in [4.78, 5) is 0. The van der Waals surface area contributed by atoms with Crippen LogP contribution in [0.25, 0.3) is 55.6 Å². The summed E-state index contributed by atoms with van der Waals surface area (Å²) in [5, 5.41) is 0. The zero-order valence-corrected chi connectivity index (χ0v) is 84.0. The Labute approximate surface area is 814 Å². The third-order valence-electron chi connectivity index (χ3n) is 30.9. The van der Waals surface area contributed by atoms with E-state index in [0.29, 0.717) is 0 Å². The molecule has 18 rings (SSSR count). The number of rotatable bonds is 43. The van der Waals surface area contributed by atoms with E-state index in [1.54, 1.807) is 22.3 Å². The Morgan fingerprint density at radius 1 is 0.267 bits per heavy atom. The van der Waals surface area contributed by atoms with Crippen LogP contribution in [-0.2, 0) is 69.7 Å². The van der Waals surface area contributed by atoms with E-state index < -0.39 is 0 Å². The molecule has 6 aliphatic rings. The summed E-state index contributed by atoms with van der Waals surface area (Å²) < 4.78 is 12.1. The molecular formula is C133H154O2. The molecule has 0 saturated carbocycles. The van der Waals surface area contributed by atoms with Gasteiger partial charge in [-0.05, 0) is 347 Å². The second-order valence-corrected chi connectivity index (χ2v) is 40.6. The van der Waals surface area contributed by atoms with E-state index in [2.05, 4.69) is 350 Å². The fraction of sp³-hybridized carbons (Fsp3) is 0.368. The zero-order chi connectivity index (χ0) is 94.3. The van der Waals surface area contributed by atoms with Crippen molar-refractivity contribution in [3.05, 3.63) is 439 Å². The van der Waals surface area contributed by atoms with Gasteiger partial charge in [-0.2, -0.15) is 0 Å².